The molecule has 0 radical (unpaired) electrons. The van der Waals surface area contributed by atoms with Gasteiger partial charge in [0.1, 0.15) is 5.82 Å². The number of halogens is 4. The molecule has 1 unspecified atom stereocenters. The number of rotatable bonds is 3. The quantitative estimate of drug-likeness (QED) is 0.753. The summed E-state index contributed by atoms with van der Waals surface area (Å²) in [6, 6.07) is 4.69. The van der Waals surface area contributed by atoms with Gasteiger partial charge in [0, 0.05) is 6.54 Å². The van der Waals surface area contributed by atoms with E-state index in [4.69, 9.17) is 23.2 Å². The van der Waals surface area contributed by atoms with Crippen molar-refractivity contribution in [3.05, 3.63) is 34.6 Å². The molecule has 96 valence electrons. The van der Waals surface area contributed by atoms with Crippen LogP contribution in [0.25, 0.3) is 0 Å². The predicted octanol–water partition coefficient (Wildman–Crippen LogP) is 4.28. The van der Waals surface area contributed by atoms with E-state index in [2.05, 4.69) is 4.90 Å². The lowest BCUT2D eigenvalue weighted by atomic mass is 10.1. The summed E-state index contributed by atoms with van der Waals surface area (Å²) in [6.45, 7) is 3.03. The van der Waals surface area contributed by atoms with E-state index in [1.54, 1.807) is 12.1 Å². The molecule has 0 aromatic heterocycles. The Balaban J connectivity index is 0.00000144. The van der Waals surface area contributed by atoms with Crippen LogP contribution in [0.4, 0.5) is 4.39 Å². The van der Waals surface area contributed by atoms with Crippen molar-refractivity contribution in [3.63, 3.8) is 0 Å². The Morgan fingerprint density at radius 2 is 1.94 bits per heavy atom. The Morgan fingerprint density at radius 3 is 2.53 bits per heavy atom. The zero-order chi connectivity index (χ0) is 11.5. The van der Waals surface area contributed by atoms with Crippen molar-refractivity contribution in [2.45, 2.75) is 18.2 Å². The van der Waals surface area contributed by atoms with E-state index in [0.29, 0.717) is 0 Å². The third kappa shape index (κ3) is 3.99. The van der Waals surface area contributed by atoms with Gasteiger partial charge >= 0.3 is 0 Å². The molecule has 1 nitrogen and oxygen atoms in total. The van der Waals surface area contributed by atoms with Crippen LogP contribution in [0.15, 0.2) is 18.2 Å². The first kappa shape index (κ1) is 15.0. The zero-order valence-corrected chi connectivity index (χ0v) is 11.7. The van der Waals surface area contributed by atoms with Crippen molar-refractivity contribution >= 4 is 35.6 Å². The molecule has 0 aliphatic carbocycles. The van der Waals surface area contributed by atoms with Crippen LogP contribution >= 0.6 is 35.6 Å². The minimum Gasteiger partial charge on any atom is -0.302 e. The van der Waals surface area contributed by atoms with Crippen LogP contribution in [0.1, 0.15) is 23.8 Å². The minimum atomic E-state index is -0.393. The fourth-order valence-electron chi connectivity index (χ4n) is 2.00. The third-order valence-electron chi connectivity index (χ3n) is 2.92. The highest BCUT2D eigenvalue weighted by Crippen LogP contribution is 2.26. The van der Waals surface area contributed by atoms with Crippen molar-refractivity contribution in [2.24, 2.45) is 0 Å². The van der Waals surface area contributed by atoms with Crippen molar-refractivity contribution in [1.29, 1.82) is 0 Å². The Kier molecular flexibility index (Phi) is 6.01. The summed E-state index contributed by atoms with van der Waals surface area (Å²) < 4.78 is 13.0. The molecule has 0 N–H and O–H groups in total. The van der Waals surface area contributed by atoms with Crippen molar-refractivity contribution in [2.75, 3.05) is 19.6 Å². The van der Waals surface area contributed by atoms with Crippen molar-refractivity contribution < 1.29 is 4.39 Å². The van der Waals surface area contributed by atoms with E-state index in [1.165, 1.54) is 18.9 Å². The molecule has 1 aromatic rings. The molecule has 2 rings (SSSR count). The standard InChI is InChI=1S/C12H14Cl2FN.ClH/c13-10-7-9(3-4-12(10)15)11(14)8-16-5-1-2-6-16;/h3-4,7,11H,1-2,5-6,8H2;1H. The summed E-state index contributed by atoms with van der Waals surface area (Å²) in [5.74, 6) is -0.393. The normalized spacial score (nSPS) is 17.8. The lowest BCUT2D eigenvalue weighted by molar-refractivity contribution is 0.339. The van der Waals surface area contributed by atoms with Crippen molar-refractivity contribution in [1.82, 2.24) is 4.90 Å². The Morgan fingerprint density at radius 1 is 1.29 bits per heavy atom. The highest BCUT2D eigenvalue weighted by atomic mass is 35.5. The van der Waals surface area contributed by atoms with E-state index >= 15 is 0 Å². The molecule has 1 saturated heterocycles. The van der Waals surface area contributed by atoms with Gasteiger partial charge in [-0.2, -0.15) is 0 Å². The number of hydrogen-bond acceptors (Lipinski definition) is 1. The summed E-state index contributed by atoms with van der Waals surface area (Å²) in [6.07, 6.45) is 2.49. The van der Waals surface area contributed by atoms with Crippen LogP contribution in [-0.4, -0.2) is 24.5 Å². The topological polar surface area (TPSA) is 3.24 Å². The summed E-state index contributed by atoms with van der Waals surface area (Å²) >= 11 is 12.0. The number of benzene rings is 1. The summed E-state index contributed by atoms with van der Waals surface area (Å²) in [4.78, 5) is 2.33. The van der Waals surface area contributed by atoms with Gasteiger partial charge in [-0.05, 0) is 43.6 Å². The first-order valence-electron chi connectivity index (χ1n) is 5.48. The Bertz CT molecular complexity index is 367. The molecule has 1 aliphatic rings. The van der Waals surface area contributed by atoms with Crippen LogP contribution in [0, 0.1) is 5.82 Å². The molecule has 1 atom stereocenters. The zero-order valence-electron chi connectivity index (χ0n) is 9.33. The average molecular weight is 299 g/mol. The van der Waals surface area contributed by atoms with Gasteiger partial charge in [0.05, 0.1) is 10.4 Å². The number of nitrogens with zero attached hydrogens (tertiary/aromatic N) is 1. The van der Waals surface area contributed by atoms with E-state index in [-0.39, 0.29) is 22.8 Å². The average Bonchev–Trinajstić information content (AvgIpc) is 2.74. The van der Waals surface area contributed by atoms with E-state index in [1.807, 2.05) is 0 Å². The molecule has 0 saturated carbocycles. The van der Waals surface area contributed by atoms with Crippen LogP contribution in [0.3, 0.4) is 0 Å². The second kappa shape index (κ2) is 6.79. The highest BCUT2D eigenvalue weighted by molar-refractivity contribution is 6.31. The van der Waals surface area contributed by atoms with Crippen molar-refractivity contribution in [3.8, 4) is 0 Å². The lowest BCUT2D eigenvalue weighted by Gasteiger charge is -2.19. The summed E-state index contributed by atoms with van der Waals surface area (Å²) in [5, 5.41) is 0.0285. The highest BCUT2D eigenvalue weighted by Gasteiger charge is 2.17. The maximum Gasteiger partial charge on any atom is 0.141 e. The van der Waals surface area contributed by atoms with Crippen LogP contribution in [0.2, 0.25) is 5.02 Å². The molecule has 1 aliphatic heterocycles. The van der Waals surface area contributed by atoms with E-state index < -0.39 is 5.82 Å². The molecule has 5 heteroatoms. The molecular weight excluding hydrogens is 283 g/mol. The largest absolute Gasteiger partial charge is 0.302 e. The molecule has 1 fully saturated rings. The van der Waals surface area contributed by atoms with Gasteiger partial charge in [-0.15, -0.1) is 24.0 Å². The molecule has 0 bridgehead atoms. The maximum absolute atomic E-state index is 13.0. The predicted molar refractivity (Wildman–Crippen MR) is 72.9 cm³/mol. The Labute approximate surface area is 117 Å². The molecule has 1 heterocycles. The van der Waals surface area contributed by atoms with Gasteiger partial charge in [0.15, 0.2) is 0 Å². The first-order valence-corrected chi connectivity index (χ1v) is 6.29. The van der Waals surface area contributed by atoms with Gasteiger partial charge in [-0.25, -0.2) is 4.39 Å². The number of alkyl halides is 1. The SMILES string of the molecule is Cl.Fc1ccc(C(Cl)CN2CCCC2)cc1Cl. The monoisotopic (exact) mass is 297 g/mol. The van der Waals surface area contributed by atoms with Crippen LogP contribution < -0.4 is 0 Å². The maximum atomic E-state index is 13.0. The first-order chi connectivity index (χ1) is 7.66. The summed E-state index contributed by atoms with van der Waals surface area (Å²) in [7, 11) is 0. The molecular formula is C12H15Cl3FN. The van der Waals surface area contributed by atoms with Crippen LogP contribution in [0.5, 0.6) is 0 Å². The number of hydrogen-bond donors (Lipinski definition) is 0. The van der Waals surface area contributed by atoms with E-state index in [0.717, 1.165) is 25.2 Å². The van der Waals surface area contributed by atoms with Gasteiger partial charge in [-0.3, -0.25) is 0 Å². The fraction of sp³-hybridized carbons (Fsp3) is 0.500. The second-order valence-corrected chi connectivity index (χ2v) is 5.08. The fourth-order valence-corrected chi connectivity index (χ4v) is 2.52. The van der Waals surface area contributed by atoms with Gasteiger partial charge in [0.2, 0.25) is 0 Å². The van der Waals surface area contributed by atoms with Gasteiger partial charge in [0.25, 0.3) is 0 Å². The summed E-state index contributed by atoms with van der Waals surface area (Å²) in [5.41, 5.74) is 0.889. The van der Waals surface area contributed by atoms with E-state index in [9.17, 15) is 4.39 Å². The smallest absolute Gasteiger partial charge is 0.141 e. The van der Waals surface area contributed by atoms with Gasteiger partial charge in [-0.1, -0.05) is 17.7 Å². The molecule has 0 amide bonds. The Hall–Kier alpha value is -0.0200. The third-order valence-corrected chi connectivity index (χ3v) is 3.60. The lowest BCUT2D eigenvalue weighted by Crippen LogP contribution is -2.23. The molecule has 17 heavy (non-hydrogen) atoms. The molecule has 1 aromatic carbocycles. The minimum absolute atomic E-state index is 0. The van der Waals surface area contributed by atoms with Gasteiger partial charge < -0.3 is 4.90 Å². The second-order valence-electron chi connectivity index (χ2n) is 4.15. The van der Waals surface area contributed by atoms with Crippen LogP contribution in [-0.2, 0) is 0 Å². The number of likely N-dealkylation sites (tertiary alicyclic amines) is 1. The molecule has 0 spiro atoms.